The molecule has 0 fully saturated rings. The Balaban J connectivity index is 0.000000273. The van der Waals surface area contributed by atoms with Gasteiger partial charge in [0.15, 0.2) is 0 Å². The number of ether oxygens (including phenoxy) is 2. The van der Waals surface area contributed by atoms with Gasteiger partial charge in [-0.05, 0) is 48.5 Å². The quantitative estimate of drug-likeness (QED) is 0.136. The Labute approximate surface area is 263 Å². The Hall–Kier alpha value is -5.21. The maximum atomic E-state index is 11.7. The summed E-state index contributed by atoms with van der Waals surface area (Å²) in [6.45, 7) is 0. The van der Waals surface area contributed by atoms with E-state index in [4.69, 9.17) is 29.4 Å². The van der Waals surface area contributed by atoms with Crippen LogP contribution in [0.5, 0.6) is 23.0 Å². The van der Waals surface area contributed by atoms with Crippen LogP contribution in [0.3, 0.4) is 0 Å². The second kappa shape index (κ2) is 18.5. The van der Waals surface area contributed by atoms with Crippen molar-refractivity contribution in [3.8, 4) is 23.0 Å². The minimum atomic E-state index is -6.34. The number of aromatic nitrogens is 2. The van der Waals surface area contributed by atoms with Gasteiger partial charge in [0.2, 0.25) is 11.5 Å². The topological polar surface area (TPSA) is 253 Å². The molecule has 45 heavy (non-hydrogen) atoms. The van der Waals surface area contributed by atoms with Crippen LogP contribution in [0.25, 0.3) is 0 Å². The van der Waals surface area contributed by atoms with Gasteiger partial charge in [-0.3, -0.25) is 19.6 Å². The number of nitrogens with one attached hydrogen (secondary N) is 2. The van der Waals surface area contributed by atoms with Crippen LogP contribution in [-0.2, 0) is 4.47 Å². The SMILES string of the molecule is COc1cccc(C=NNC(=O)c2ccncc2)c1[OH2+].COc1cccc(C=NNC(=O)c2ccncc2)c1[OH2+].[O]=[U](=[O])([O-])[O-]. The molecule has 0 atom stereocenters. The van der Waals surface area contributed by atoms with Crippen molar-refractivity contribution in [3.05, 3.63) is 108 Å². The van der Waals surface area contributed by atoms with Crippen LogP contribution in [0.4, 0.5) is 0 Å². The van der Waals surface area contributed by atoms with Gasteiger partial charge >= 0.3 is 46.6 Å². The minimum absolute atomic E-state index is 0.219. The number of pyridine rings is 2. The fourth-order valence-electron chi connectivity index (χ4n) is 3.11. The third-order valence-electron chi connectivity index (χ3n) is 5.18. The Morgan fingerprint density at radius 1 is 0.711 bits per heavy atom. The zero-order valence-electron chi connectivity index (χ0n) is 23.8. The molecule has 2 heterocycles. The standard InChI is InChI=1S/2C14H13N3O3.4O.U/c2*1-20-12-4-2-3-11(13(12)18)9-16-17-14(19)10-5-7-15-8-6-10;;;;;/h2*2-9,18H,1H3,(H,17,19);;;;;/q;;;;2*-1;/p+2. The van der Waals surface area contributed by atoms with Crippen molar-refractivity contribution >= 4 is 24.2 Å². The Kier molecular flexibility index (Phi) is 14.8. The summed E-state index contributed by atoms with van der Waals surface area (Å²) in [6.07, 6.45) is 8.93. The molecule has 0 aliphatic heterocycles. The molecular weight excluding hydrogens is 818 g/mol. The summed E-state index contributed by atoms with van der Waals surface area (Å²) in [5.74, 6) is 0.675. The molecule has 0 saturated heterocycles. The number of benzene rings is 2. The van der Waals surface area contributed by atoms with Crippen LogP contribution < -0.4 is 25.5 Å². The Morgan fingerprint density at radius 3 is 1.36 bits per heavy atom. The summed E-state index contributed by atoms with van der Waals surface area (Å²) in [6, 6.07) is 16.7. The fourth-order valence-corrected chi connectivity index (χ4v) is 3.11. The first-order valence-corrected chi connectivity index (χ1v) is 19.3. The molecule has 0 unspecified atom stereocenters. The molecule has 2 aromatic carbocycles. The third-order valence-corrected chi connectivity index (χ3v) is 5.18. The summed E-state index contributed by atoms with van der Waals surface area (Å²) in [5, 5.41) is 23.4. The number of nitrogens with zero attached hydrogens (tertiary/aromatic N) is 4. The van der Waals surface area contributed by atoms with Crippen molar-refractivity contribution in [1.82, 2.24) is 20.8 Å². The molecule has 0 bridgehead atoms. The third kappa shape index (κ3) is 13.3. The fraction of sp³-hybridized carbons (Fsp3) is 0.0714. The molecule has 4 rings (SSSR count). The van der Waals surface area contributed by atoms with E-state index in [1.807, 2.05) is 0 Å². The molecule has 234 valence electrons. The molecule has 2 amide bonds. The summed E-state index contributed by atoms with van der Waals surface area (Å²) < 4.78 is 44.7. The molecule has 0 radical (unpaired) electrons. The van der Waals surface area contributed by atoms with Gasteiger partial charge in [-0.25, -0.2) is 10.9 Å². The van der Waals surface area contributed by atoms with Crippen molar-refractivity contribution in [2.24, 2.45) is 10.2 Å². The van der Waals surface area contributed by atoms with Gasteiger partial charge in [0.1, 0.15) is 0 Å². The van der Waals surface area contributed by atoms with Gasteiger partial charge in [0.05, 0.1) is 37.8 Å². The normalized spacial score (nSPS) is 10.6. The van der Waals surface area contributed by atoms with Crippen molar-refractivity contribution in [1.29, 1.82) is 0 Å². The van der Waals surface area contributed by atoms with Gasteiger partial charge in [-0.1, -0.05) is 12.1 Å². The summed E-state index contributed by atoms with van der Waals surface area (Å²) in [4.78, 5) is 31.1. The number of hydrogen-bond donors (Lipinski definition) is 2. The number of carbonyl (C=O) groups is 2. The second-order valence-corrected chi connectivity index (χ2v) is 12.4. The van der Waals surface area contributed by atoms with Gasteiger partial charge in [0, 0.05) is 35.9 Å². The van der Waals surface area contributed by atoms with Crippen LogP contribution in [0.2, 0.25) is 0 Å². The van der Waals surface area contributed by atoms with Gasteiger partial charge in [-0.15, -0.1) is 0 Å². The summed E-state index contributed by atoms with van der Waals surface area (Å²) in [5.41, 5.74) is 6.82. The average molecular weight is 847 g/mol. The van der Waals surface area contributed by atoms with E-state index in [2.05, 4.69) is 31.0 Å². The van der Waals surface area contributed by atoms with E-state index in [0.717, 1.165) is 0 Å². The van der Waals surface area contributed by atoms with E-state index in [1.165, 1.54) is 51.4 Å². The molecule has 2 aromatic heterocycles. The Bertz CT molecular complexity index is 1600. The number of para-hydroxylation sites is 2. The van der Waals surface area contributed by atoms with Gasteiger partial charge < -0.3 is 19.7 Å². The van der Waals surface area contributed by atoms with Crippen molar-refractivity contribution in [2.75, 3.05) is 14.2 Å². The van der Waals surface area contributed by atoms with Crippen molar-refractivity contribution < 1.29 is 64.4 Å². The van der Waals surface area contributed by atoms with Crippen molar-refractivity contribution in [2.45, 2.75) is 0 Å². The zero-order chi connectivity index (χ0) is 33.2. The summed E-state index contributed by atoms with van der Waals surface area (Å²) in [7, 11) is 3.00. The average Bonchev–Trinajstić information content (AvgIpc) is 3.03. The van der Waals surface area contributed by atoms with Crippen LogP contribution >= 0.6 is 0 Å². The van der Waals surface area contributed by atoms with E-state index in [-0.39, 0.29) is 23.3 Å². The first kappa shape index (κ1) is 36.0. The first-order valence-electron chi connectivity index (χ1n) is 12.5. The predicted molar refractivity (Wildman–Crippen MR) is 152 cm³/mol. The van der Waals surface area contributed by atoms with Crippen LogP contribution in [0, 0.1) is 25.4 Å². The van der Waals surface area contributed by atoms with E-state index in [1.54, 1.807) is 60.7 Å². The molecule has 0 spiro atoms. The van der Waals surface area contributed by atoms with Crippen LogP contribution in [-0.4, -0.2) is 58.6 Å². The van der Waals surface area contributed by atoms with E-state index in [0.29, 0.717) is 33.8 Å². The Morgan fingerprint density at radius 2 is 1.04 bits per heavy atom. The number of methoxy groups -OCH3 is 2. The predicted octanol–water partition coefficient (Wildman–Crippen LogP) is -0.0316. The molecule has 17 heteroatoms. The number of carbonyl (C=O) groups excluding carboxylic acids is 2. The van der Waals surface area contributed by atoms with E-state index >= 15 is 0 Å². The zero-order valence-corrected chi connectivity index (χ0v) is 28.0. The number of amides is 2. The van der Waals surface area contributed by atoms with Crippen LogP contribution in [0.15, 0.2) is 95.7 Å². The molecule has 0 saturated carbocycles. The van der Waals surface area contributed by atoms with Gasteiger partial charge in [-0.2, -0.15) is 10.2 Å². The van der Waals surface area contributed by atoms with Gasteiger partial charge in [0.25, 0.3) is 11.8 Å². The van der Waals surface area contributed by atoms with Crippen LogP contribution in [0.1, 0.15) is 31.8 Å². The molecule has 6 N–H and O–H groups in total. The monoisotopic (exact) mass is 846 g/mol. The second-order valence-electron chi connectivity index (χ2n) is 8.22. The molecular formula is C28H28N6O10U. The first-order chi connectivity index (χ1) is 21.4. The van der Waals surface area contributed by atoms with E-state index in [9.17, 15) is 9.59 Å². The maximum absolute atomic E-state index is 11.7. The molecule has 16 nitrogen and oxygen atoms in total. The van der Waals surface area contributed by atoms with E-state index < -0.39 is 25.4 Å². The number of rotatable bonds is 8. The van der Waals surface area contributed by atoms with Crippen molar-refractivity contribution in [3.63, 3.8) is 0 Å². The summed E-state index contributed by atoms with van der Waals surface area (Å²) >= 11 is -6.34. The molecule has 0 aliphatic carbocycles. The number of hydrogen-bond acceptors (Lipinski definition) is 12. The number of hydrazone groups is 2. The molecule has 0 aliphatic rings. The molecule has 4 aromatic rings.